The van der Waals surface area contributed by atoms with Gasteiger partial charge in [0, 0.05) is 30.1 Å². The number of para-hydroxylation sites is 4. The number of ketones is 1. The lowest BCUT2D eigenvalue weighted by Gasteiger charge is -2.14. The molecule has 0 saturated carbocycles. The second-order valence-corrected chi connectivity index (χ2v) is 11.8. The molecule has 230 valence electrons. The van der Waals surface area contributed by atoms with Crippen LogP contribution >= 0.6 is 0 Å². The number of Topliss-reactive ketones (excluding diaryl/α,β-unsaturated/α-hetero) is 1. The van der Waals surface area contributed by atoms with Crippen molar-refractivity contribution in [3.63, 3.8) is 0 Å². The number of rotatable bonds is 8. The van der Waals surface area contributed by atoms with Gasteiger partial charge in [-0.25, -0.2) is 9.67 Å². The van der Waals surface area contributed by atoms with Crippen LogP contribution < -0.4 is 0 Å². The van der Waals surface area contributed by atoms with Gasteiger partial charge in [-0.05, 0) is 85.7 Å². The molecule has 1 aliphatic carbocycles. The number of nitrogens with zero attached hydrogens (tertiary/aromatic N) is 5. The van der Waals surface area contributed by atoms with Gasteiger partial charge in [0.1, 0.15) is 0 Å². The van der Waals surface area contributed by atoms with Crippen molar-refractivity contribution >= 4 is 33.8 Å². The van der Waals surface area contributed by atoms with Crippen molar-refractivity contribution < 1.29 is 4.79 Å². The minimum Gasteiger partial charge on any atom is -0.294 e. The largest absolute Gasteiger partial charge is 0.294 e. The molecule has 4 aromatic carbocycles. The van der Waals surface area contributed by atoms with Crippen LogP contribution in [0.5, 0.6) is 0 Å². The molecule has 0 radical (unpaired) electrons. The molecule has 6 aromatic rings. The topological polar surface area (TPSA) is 73.0 Å². The monoisotopic (exact) mass is 613 g/mol. The first-order valence-electron chi connectivity index (χ1n) is 16.1. The number of aryl methyl sites for hydroxylation is 2. The molecule has 0 bridgehead atoms. The molecular weight excluding hydrogens is 578 g/mol. The van der Waals surface area contributed by atoms with Crippen LogP contribution in [0.4, 0.5) is 5.69 Å². The van der Waals surface area contributed by atoms with Crippen LogP contribution in [0.15, 0.2) is 150 Å². The quantitative estimate of drug-likeness (QED) is 0.172. The number of fused-ring (bicyclic) bond motifs is 2. The molecule has 0 spiro atoms. The van der Waals surface area contributed by atoms with Gasteiger partial charge < -0.3 is 0 Å². The van der Waals surface area contributed by atoms with Gasteiger partial charge in [0.15, 0.2) is 5.78 Å². The molecule has 47 heavy (non-hydrogen) atoms. The summed E-state index contributed by atoms with van der Waals surface area (Å²) in [4.78, 5) is 26.0. The molecule has 6 heteroatoms. The summed E-state index contributed by atoms with van der Waals surface area (Å²) in [6.45, 7) is 0. The van der Waals surface area contributed by atoms with E-state index in [4.69, 9.17) is 0 Å². The summed E-state index contributed by atoms with van der Waals surface area (Å²) in [5, 5.41) is 4.63. The molecule has 6 nitrogen and oxygen atoms in total. The maximum atomic E-state index is 12.2. The third kappa shape index (κ3) is 7.39. The lowest BCUT2D eigenvalue weighted by molar-refractivity contribution is 0.0999. The predicted octanol–water partition coefficient (Wildman–Crippen LogP) is 9.14. The van der Waals surface area contributed by atoms with E-state index in [-0.39, 0.29) is 5.78 Å². The summed E-state index contributed by atoms with van der Waals surface area (Å²) in [5.74, 6) is 0.194. The Bertz CT molecular complexity index is 2110. The van der Waals surface area contributed by atoms with E-state index in [2.05, 4.69) is 62.5 Å². The lowest BCUT2D eigenvalue weighted by atomic mass is 9.95. The Morgan fingerprint density at radius 3 is 2.21 bits per heavy atom. The standard InChI is InChI=1S/C22H19NO.C19H16N4/c24-22-15-19(23-21-9-5-4-8-20(21)22)13-11-16-10-12-18(14-16)17-6-2-1-3-7-17;1-2-6-17(7-3-1)23-13-12-15(22-23)10-11-16-14-20-18-8-4-5-9-19(18)21-16/h1-10,12H,11,13-15H2;1-9,12-14H,10-11H2. The molecule has 0 fully saturated rings. The highest BCUT2D eigenvalue weighted by Gasteiger charge is 2.20. The molecule has 0 atom stereocenters. The third-order valence-corrected chi connectivity index (χ3v) is 8.47. The molecule has 2 aliphatic rings. The number of aromatic nitrogens is 4. The molecule has 2 aromatic heterocycles. The minimum atomic E-state index is 0.194. The molecular formula is C41H35N5O. The van der Waals surface area contributed by atoms with Crippen LogP contribution in [0.1, 0.15) is 53.0 Å². The first-order valence-corrected chi connectivity index (χ1v) is 16.1. The van der Waals surface area contributed by atoms with Gasteiger partial charge in [0.05, 0.1) is 33.8 Å². The number of benzene rings is 4. The Balaban J connectivity index is 0.000000150. The number of hydrogen-bond donors (Lipinski definition) is 0. The first-order chi connectivity index (χ1) is 23.2. The summed E-state index contributed by atoms with van der Waals surface area (Å²) in [6, 6.07) is 38.3. The first kappa shape index (κ1) is 29.9. The average molecular weight is 614 g/mol. The number of carbonyl (C=O) groups excluding carboxylic acids is 1. The van der Waals surface area contributed by atoms with Crippen molar-refractivity contribution in [2.45, 2.75) is 38.5 Å². The zero-order chi connectivity index (χ0) is 31.8. The van der Waals surface area contributed by atoms with Gasteiger partial charge in [-0.15, -0.1) is 0 Å². The SMILES string of the molecule is O=C1CC(CCC2=CC=C(c3ccccc3)C2)=Nc2ccccc21.c1ccc(-n2ccc(CCc3cnc4ccccc4n3)n2)cc1. The van der Waals surface area contributed by atoms with Crippen LogP contribution in [0.2, 0.25) is 0 Å². The Labute approximate surface area is 274 Å². The van der Waals surface area contributed by atoms with Crippen molar-refractivity contribution in [1.29, 1.82) is 0 Å². The maximum absolute atomic E-state index is 12.2. The highest BCUT2D eigenvalue weighted by atomic mass is 16.1. The van der Waals surface area contributed by atoms with E-state index in [0.717, 1.165) is 77.2 Å². The normalized spacial score (nSPS) is 13.7. The van der Waals surface area contributed by atoms with Crippen LogP contribution in [0.3, 0.4) is 0 Å². The molecule has 0 saturated heterocycles. The van der Waals surface area contributed by atoms with E-state index in [1.807, 2.05) is 102 Å². The highest BCUT2D eigenvalue weighted by molar-refractivity contribution is 6.15. The fourth-order valence-corrected chi connectivity index (χ4v) is 5.94. The van der Waals surface area contributed by atoms with Gasteiger partial charge in [0.2, 0.25) is 0 Å². The van der Waals surface area contributed by atoms with Crippen molar-refractivity contribution in [3.8, 4) is 5.69 Å². The molecule has 3 heterocycles. The third-order valence-electron chi connectivity index (χ3n) is 8.47. The molecule has 8 rings (SSSR count). The molecule has 1 aliphatic heterocycles. The van der Waals surface area contributed by atoms with Crippen molar-refractivity contribution in [3.05, 3.63) is 168 Å². The fourth-order valence-electron chi connectivity index (χ4n) is 5.94. The summed E-state index contributed by atoms with van der Waals surface area (Å²) < 4.78 is 1.90. The zero-order valence-electron chi connectivity index (χ0n) is 26.2. The molecule has 0 unspecified atom stereocenters. The highest BCUT2D eigenvalue weighted by Crippen LogP contribution is 2.32. The van der Waals surface area contributed by atoms with E-state index in [0.29, 0.717) is 6.42 Å². The Morgan fingerprint density at radius 1 is 0.638 bits per heavy atom. The summed E-state index contributed by atoms with van der Waals surface area (Å²) in [7, 11) is 0. The van der Waals surface area contributed by atoms with Gasteiger partial charge in [-0.2, -0.15) is 5.10 Å². The van der Waals surface area contributed by atoms with E-state index >= 15 is 0 Å². The van der Waals surface area contributed by atoms with Gasteiger partial charge in [-0.3, -0.25) is 14.8 Å². The lowest BCUT2D eigenvalue weighted by Crippen LogP contribution is -2.13. The van der Waals surface area contributed by atoms with E-state index in [9.17, 15) is 4.79 Å². The maximum Gasteiger partial charge on any atom is 0.170 e. The Kier molecular flexibility index (Phi) is 9.00. The summed E-state index contributed by atoms with van der Waals surface area (Å²) in [5.41, 5.74) is 11.7. The van der Waals surface area contributed by atoms with E-state index in [1.54, 1.807) is 0 Å². The van der Waals surface area contributed by atoms with Crippen LogP contribution in [0, 0.1) is 0 Å². The molecule has 0 amide bonds. The average Bonchev–Trinajstić information content (AvgIpc) is 3.82. The van der Waals surface area contributed by atoms with E-state index < -0.39 is 0 Å². The van der Waals surface area contributed by atoms with Crippen molar-refractivity contribution in [2.75, 3.05) is 0 Å². The smallest absolute Gasteiger partial charge is 0.170 e. The van der Waals surface area contributed by atoms with Gasteiger partial charge in [-0.1, -0.05) is 90.5 Å². The minimum absolute atomic E-state index is 0.194. The predicted molar refractivity (Wildman–Crippen MR) is 189 cm³/mol. The second-order valence-electron chi connectivity index (χ2n) is 11.8. The van der Waals surface area contributed by atoms with Gasteiger partial charge >= 0.3 is 0 Å². The fraction of sp³-hybridized carbons (Fsp3) is 0.146. The van der Waals surface area contributed by atoms with Gasteiger partial charge in [0.25, 0.3) is 0 Å². The number of allylic oxidation sites excluding steroid dienone is 4. The number of aliphatic imine (C=N–C) groups is 1. The van der Waals surface area contributed by atoms with Crippen LogP contribution in [0.25, 0.3) is 22.3 Å². The van der Waals surface area contributed by atoms with Crippen molar-refractivity contribution in [1.82, 2.24) is 19.7 Å². The van der Waals surface area contributed by atoms with E-state index in [1.165, 1.54) is 16.7 Å². The zero-order valence-corrected chi connectivity index (χ0v) is 26.2. The Morgan fingerprint density at radius 2 is 1.36 bits per heavy atom. The van der Waals surface area contributed by atoms with Crippen LogP contribution in [-0.4, -0.2) is 31.2 Å². The summed E-state index contributed by atoms with van der Waals surface area (Å²) in [6.07, 6.45) is 13.3. The van der Waals surface area contributed by atoms with Crippen LogP contribution in [-0.2, 0) is 12.8 Å². The number of hydrogen-bond acceptors (Lipinski definition) is 5. The second kappa shape index (κ2) is 14.1. The Hall–Kier alpha value is -5.75. The van der Waals surface area contributed by atoms with Crippen molar-refractivity contribution in [2.24, 2.45) is 4.99 Å². The summed E-state index contributed by atoms with van der Waals surface area (Å²) >= 11 is 0. The molecule has 0 N–H and O–H groups in total. The number of carbonyl (C=O) groups is 1.